The van der Waals surface area contributed by atoms with Crippen LogP contribution in [-0.2, 0) is 0 Å². The molecule has 1 aromatic carbocycles. The van der Waals surface area contributed by atoms with E-state index >= 15 is 0 Å². The lowest BCUT2D eigenvalue weighted by Crippen LogP contribution is -2.20. The first-order valence-corrected chi connectivity index (χ1v) is 5.92. The Labute approximate surface area is 101 Å². The number of hydrogen-bond donors (Lipinski definition) is 2. The van der Waals surface area contributed by atoms with Crippen molar-refractivity contribution >= 4 is 17.3 Å². The van der Waals surface area contributed by atoms with Gasteiger partial charge in [-0.2, -0.15) is 0 Å². The predicted molar refractivity (Wildman–Crippen MR) is 67.2 cm³/mol. The summed E-state index contributed by atoms with van der Waals surface area (Å²) in [5, 5.41) is 4.09. The maximum atomic E-state index is 5.96. The average Bonchev–Trinajstić information content (AvgIpc) is 2.67. The van der Waals surface area contributed by atoms with Gasteiger partial charge in [0.15, 0.2) is 0 Å². The maximum absolute atomic E-state index is 5.96. The molecule has 1 aliphatic rings. The molecule has 2 atom stereocenters. The van der Waals surface area contributed by atoms with Crippen molar-refractivity contribution in [3.05, 3.63) is 23.2 Å². The summed E-state index contributed by atoms with van der Waals surface area (Å²) in [6.07, 6.45) is 3.26. The highest BCUT2D eigenvalue weighted by Crippen LogP contribution is 2.29. The van der Waals surface area contributed by atoms with Gasteiger partial charge in [0.2, 0.25) is 0 Å². The number of benzene rings is 1. The molecule has 0 heterocycles. The molecule has 3 nitrogen and oxygen atoms in total. The molecule has 0 aromatic heterocycles. The molecule has 3 N–H and O–H groups in total. The van der Waals surface area contributed by atoms with Gasteiger partial charge >= 0.3 is 0 Å². The fourth-order valence-corrected chi connectivity index (χ4v) is 2.33. The zero-order valence-corrected chi connectivity index (χ0v) is 10.1. The van der Waals surface area contributed by atoms with E-state index in [1.165, 1.54) is 0 Å². The van der Waals surface area contributed by atoms with Crippen molar-refractivity contribution in [1.29, 1.82) is 0 Å². The van der Waals surface area contributed by atoms with E-state index in [0.717, 1.165) is 24.9 Å². The Kier molecular flexibility index (Phi) is 3.56. The Morgan fingerprint density at radius 3 is 2.88 bits per heavy atom. The van der Waals surface area contributed by atoms with Crippen LogP contribution in [-0.4, -0.2) is 19.2 Å². The maximum Gasteiger partial charge on any atom is 0.139 e. The van der Waals surface area contributed by atoms with Gasteiger partial charge in [0.05, 0.1) is 12.1 Å². The van der Waals surface area contributed by atoms with Gasteiger partial charge in [-0.3, -0.25) is 0 Å². The van der Waals surface area contributed by atoms with Crippen molar-refractivity contribution in [3.8, 4) is 5.75 Å². The monoisotopic (exact) mass is 240 g/mol. The summed E-state index contributed by atoms with van der Waals surface area (Å²) in [6, 6.07) is 6.55. The van der Waals surface area contributed by atoms with Crippen molar-refractivity contribution < 1.29 is 4.74 Å². The van der Waals surface area contributed by atoms with Gasteiger partial charge in [-0.05, 0) is 31.4 Å². The summed E-state index contributed by atoms with van der Waals surface area (Å²) >= 11 is 5.96. The molecule has 0 bridgehead atoms. The molecule has 2 rings (SSSR count). The first-order valence-electron chi connectivity index (χ1n) is 5.54. The Hall–Kier alpha value is -0.930. The summed E-state index contributed by atoms with van der Waals surface area (Å²) in [5.74, 6) is 0.703. The molecule has 4 heteroatoms. The number of rotatable bonds is 3. The minimum atomic E-state index is 0.340. The van der Waals surface area contributed by atoms with Gasteiger partial charge in [-0.15, -0.1) is 0 Å². The number of anilines is 1. The Morgan fingerprint density at radius 1 is 1.44 bits per heavy atom. The molecular formula is C12H17ClN2O. The van der Waals surface area contributed by atoms with Crippen molar-refractivity contribution in [2.24, 2.45) is 5.73 Å². The molecule has 0 saturated heterocycles. The van der Waals surface area contributed by atoms with E-state index in [4.69, 9.17) is 22.1 Å². The van der Waals surface area contributed by atoms with Crippen LogP contribution < -0.4 is 15.8 Å². The zero-order chi connectivity index (χ0) is 11.5. The number of nitrogens with two attached hydrogens (primary N) is 1. The smallest absolute Gasteiger partial charge is 0.139 e. The van der Waals surface area contributed by atoms with Gasteiger partial charge in [0.1, 0.15) is 5.75 Å². The molecule has 16 heavy (non-hydrogen) atoms. The highest BCUT2D eigenvalue weighted by Gasteiger charge is 2.21. The lowest BCUT2D eigenvalue weighted by Gasteiger charge is -2.15. The van der Waals surface area contributed by atoms with Gasteiger partial charge in [-0.1, -0.05) is 11.6 Å². The number of halogens is 1. The normalized spacial score (nSPS) is 24.4. The second-order valence-electron chi connectivity index (χ2n) is 4.26. The van der Waals surface area contributed by atoms with E-state index in [-0.39, 0.29) is 0 Å². The predicted octanol–water partition coefficient (Wildman–Crippen LogP) is 2.64. The zero-order valence-electron chi connectivity index (χ0n) is 9.37. The Morgan fingerprint density at radius 2 is 2.25 bits per heavy atom. The number of ether oxygens (including phenoxy) is 1. The molecule has 1 aliphatic carbocycles. The molecule has 1 saturated carbocycles. The van der Waals surface area contributed by atoms with E-state index < -0.39 is 0 Å². The first kappa shape index (κ1) is 11.6. The lowest BCUT2D eigenvalue weighted by molar-refractivity contribution is 0.415. The molecular weight excluding hydrogens is 224 g/mol. The van der Waals surface area contributed by atoms with Crippen LogP contribution in [0.25, 0.3) is 0 Å². The molecule has 0 aliphatic heterocycles. The highest BCUT2D eigenvalue weighted by atomic mass is 35.5. The second kappa shape index (κ2) is 4.93. The molecule has 1 aromatic rings. The van der Waals surface area contributed by atoms with Crippen LogP contribution >= 0.6 is 11.6 Å². The highest BCUT2D eigenvalue weighted by molar-refractivity contribution is 6.32. The Bertz CT molecular complexity index is 370. The summed E-state index contributed by atoms with van der Waals surface area (Å²) in [6.45, 7) is 0. The second-order valence-corrected chi connectivity index (χ2v) is 4.67. The van der Waals surface area contributed by atoms with Crippen molar-refractivity contribution in [2.45, 2.75) is 31.3 Å². The van der Waals surface area contributed by atoms with E-state index in [2.05, 4.69) is 5.32 Å². The van der Waals surface area contributed by atoms with Crippen molar-refractivity contribution in [3.63, 3.8) is 0 Å². The minimum Gasteiger partial charge on any atom is -0.495 e. The molecule has 1 fully saturated rings. The third kappa shape index (κ3) is 2.60. The van der Waals surface area contributed by atoms with E-state index in [1.807, 2.05) is 18.2 Å². The summed E-state index contributed by atoms with van der Waals surface area (Å²) in [4.78, 5) is 0. The topological polar surface area (TPSA) is 47.3 Å². The van der Waals surface area contributed by atoms with Crippen molar-refractivity contribution in [1.82, 2.24) is 0 Å². The number of methoxy groups -OCH3 is 1. The van der Waals surface area contributed by atoms with Gasteiger partial charge in [0, 0.05) is 23.8 Å². The van der Waals surface area contributed by atoms with E-state index in [1.54, 1.807) is 7.11 Å². The fraction of sp³-hybridized carbons (Fsp3) is 0.500. The van der Waals surface area contributed by atoms with E-state index in [0.29, 0.717) is 22.9 Å². The van der Waals surface area contributed by atoms with Crippen LogP contribution in [0.15, 0.2) is 18.2 Å². The summed E-state index contributed by atoms with van der Waals surface area (Å²) < 4.78 is 5.17. The van der Waals surface area contributed by atoms with Crippen LogP contribution in [0.3, 0.4) is 0 Å². The summed E-state index contributed by atoms with van der Waals surface area (Å²) in [7, 11) is 1.62. The van der Waals surface area contributed by atoms with Crippen molar-refractivity contribution in [2.75, 3.05) is 12.4 Å². The largest absolute Gasteiger partial charge is 0.495 e. The minimum absolute atomic E-state index is 0.340. The standard InChI is InChI=1S/C12H17ClN2O/c1-16-12-7-10(4-5-11(12)13)15-9-3-2-8(14)6-9/h4-5,7-9,15H,2-3,6,14H2,1H3. The third-order valence-corrected chi connectivity index (χ3v) is 3.31. The number of nitrogens with one attached hydrogen (secondary N) is 1. The van der Waals surface area contributed by atoms with Gasteiger partial charge < -0.3 is 15.8 Å². The first-order chi connectivity index (χ1) is 7.69. The molecule has 88 valence electrons. The SMILES string of the molecule is COc1cc(NC2CCC(N)C2)ccc1Cl. The average molecular weight is 241 g/mol. The lowest BCUT2D eigenvalue weighted by atomic mass is 10.2. The van der Waals surface area contributed by atoms with Crippen LogP contribution in [0.1, 0.15) is 19.3 Å². The molecule has 2 unspecified atom stereocenters. The molecule has 0 amide bonds. The van der Waals surface area contributed by atoms with Gasteiger partial charge in [-0.25, -0.2) is 0 Å². The fourth-order valence-electron chi connectivity index (χ4n) is 2.13. The van der Waals surface area contributed by atoms with Crippen LogP contribution in [0.4, 0.5) is 5.69 Å². The van der Waals surface area contributed by atoms with Crippen LogP contribution in [0, 0.1) is 0 Å². The molecule has 0 radical (unpaired) electrons. The van der Waals surface area contributed by atoms with E-state index in [9.17, 15) is 0 Å². The van der Waals surface area contributed by atoms with Crippen LogP contribution in [0.2, 0.25) is 5.02 Å². The summed E-state index contributed by atoms with van der Waals surface area (Å²) in [5.41, 5.74) is 6.92. The molecule has 0 spiro atoms. The van der Waals surface area contributed by atoms with Crippen LogP contribution in [0.5, 0.6) is 5.75 Å². The number of hydrogen-bond acceptors (Lipinski definition) is 3. The Balaban J connectivity index is 2.04. The quantitative estimate of drug-likeness (QED) is 0.854. The third-order valence-electron chi connectivity index (χ3n) is 3.00. The van der Waals surface area contributed by atoms with Gasteiger partial charge in [0.25, 0.3) is 0 Å².